The van der Waals surface area contributed by atoms with Gasteiger partial charge in [0.2, 0.25) is 0 Å². The largest absolute Gasteiger partial charge is 0.507 e. The van der Waals surface area contributed by atoms with Crippen LogP contribution in [0.1, 0.15) is 29.2 Å². The minimum atomic E-state index is -1.26. The number of hydrogen-bond acceptors (Lipinski definition) is 5. The van der Waals surface area contributed by atoms with Crippen LogP contribution in [0.3, 0.4) is 0 Å². The summed E-state index contributed by atoms with van der Waals surface area (Å²) < 4.78 is 20.5. The first kappa shape index (κ1) is 20.8. The standard InChI is InChI=1S/C26H20FNO5/c27-18-8-2-1-7-17(18)23-22(24(30)16-11-12-21-15(14-16)6-5-13-33-21)25(31)26(32)28(23)19-9-3-4-10-20(19)29/h1-4,7-12,14,23,29-30H,5-6,13H2/b24-22+. The van der Waals surface area contributed by atoms with Gasteiger partial charge in [0, 0.05) is 11.1 Å². The number of phenolic OH excluding ortho intramolecular Hbond substituents is 1. The molecule has 166 valence electrons. The molecule has 2 N–H and O–H groups in total. The number of hydrogen-bond donors (Lipinski definition) is 2. The highest BCUT2D eigenvalue weighted by Crippen LogP contribution is 2.45. The normalized spacial score (nSPS) is 19.3. The molecule has 7 heteroatoms. The molecule has 6 nitrogen and oxygen atoms in total. The average Bonchev–Trinajstić information content (AvgIpc) is 3.09. The van der Waals surface area contributed by atoms with Crippen molar-refractivity contribution in [3.63, 3.8) is 0 Å². The Kier molecular flexibility index (Phi) is 5.09. The predicted molar refractivity (Wildman–Crippen MR) is 120 cm³/mol. The van der Waals surface area contributed by atoms with E-state index in [9.17, 15) is 24.2 Å². The third-order valence-electron chi connectivity index (χ3n) is 5.97. The number of phenols is 1. The topological polar surface area (TPSA) is 87.1 Å². The van der Waals surface area contributed by atoms with Crippen molar-refractivity contribution in [1.29, 1.82) is 0 Å². The van der Waals surface area contributed by atoms with E-state index in [1.54, 1.807) is 36.4 Å². The molecular weight excluding hydrogens is 425 g/mol. The van der Waals surface area contributed by atoms with Crippen LogP contribution >= 0.6 is 0 Å². The van der Waals surface area contributed by atoms with Crippen molar-refractivity contribution in [3.8, 4) is 11.5 Å². The maximum absolute atomic E-state index is 14.9. The zero-order chi connectivity index (χ0) is 23.1. The van der Waals surface area contributed by atoms with E-state index >= 15 is 0 Å². The summed E-state index contributed by atoms with van der Waals surface area (Å²) in [6.07, 6.45) is 1.57. The van der Waals surface area contributed by atoms with Gasteiger partial charge >= 0.3 is 0 Å². The van der Waals surface area contributed by atoms with Crippen molar-refractivity contribution >= 4 is 23.1 Å². The Morgan fingerprint density at radius 3 is 2.58 bits per heavy atom. The van der Waals surface area contributed by atoms with E-state index in [1.165, 1.54) is 30.3 Å². The number of halogens is 1. The van der Waals surface area contributed by atoms with Crippen LogP contribution in [0.25, 0.3) is 5.76 Å². The zero-order valence-corrected chi connectivity index (χ0v) is 17.5. The third-order valence-corrected chi connectivity index (χ3v) is 5.97. The molecule has 1 amide bonds. The number of aliphatic hydroxyl groups is 1. The highest BCUT2D eigenvalue weighted by molar-refractivity contribution is 6.51. The van der Waals surface area contributed by atoms with E-state index < -0.39 is 29.3 Å². The van der Waals surface area contributed by atoms with Crippen molar-refractivity contribution in [1.82, 2.24) is 0 Å². The number of aryl methyl sites for hydroxylation is 1. The SMILES string of the molecule is O=C1C(=O)N(c2ccccc2O)C(c2ccccc2F)/C1=C(\O)c1ccc2c(c1)CCCO2. The molecule has 0 aromatic heterocycles. The summed E-state index contributed by atoms with van der Waals surface area (Å²) in [5, 5.41) is 21.6. The Morgan fingerprint density at radius 1 is 1.03 bits per heavy atom. The van der Waals surface area contributed by atoms with Gasteiger partial charge in [-0.15, -0.1) is 0 Å². The number of aromatic hydroxyl groups is 1. The number of fused-ring (bicyclic) bond motifs is 1. The number of para-hydroxylation sites is 2. The Bertz CT molecular complexity index is 1320. The van der Waals surface area contributed by atoms with Crippen LogP contribution in [0.15, 0.2) is 72.3 Å². The molecule has 0 radical (unpaired) electrons. The van der Waals surface area contributed by atoms with Gasteiger partial charge in [-0.05, 0) is 54.8 Å². The summed E-state index contributed by atoms with van der Waals surface area (Å²) in [7, 11) is 0. The molecule has 1 fully saturated rings. The molecule has 2 heterocycles. The molecule has 2 aliphatic rings. The first-order chi connectivity index (χ1) is 16.0. The smallest absolute Gasteiger partial charge is 0.300 e. The Balaban J connectivity index is 1.73. The highest BCUT2D eigenvalue weighted by atomic mass is 19.1. The quantitative estimate of drug-likeness (QED) is 0.353. The molecule has 0 aliphatic carbocycles. The van der Waals surface area contributed by atoms with Crippen LogP contribution in [0.5, 0.6) is 11.5 Å². The fraction of sp³-hybridized carbons (Fsp3) is 0.154. The van der Waals surface area contributed by atoms with E-state index in [1.807, 2.05) is 0 Å². The number of nitrogens with zero attached hydrogens (tertiary/aromatic N) is 1. The molecule has 3 aromatic rings. The molecule has 5 rings (SSSR count). The van der Waals surface area contributed by atoms with Crippen molar-refractivity contribution in [3.05, 3.63) is 94.8 Å². The Labute approximate surface area is 189 Å². The number of ether oxygens (including phenoxy) is 1. The number of benzene rings is 3. The molecule has 0 saturated carbocycles. The second-order valence-corrected chi connectivity index (χ2v) is 7.95. The van der Waals surface area contributed by atoms with Crippen molar-refractivity contribution in [2.75, 3.05) is 11.5 Å². The molecule has 0 spiro atoms. The van der Waals surface area contributed by atoms with Gasteiger partial charge in [0.1, 0.15) is 23.1 Å². The minimum Gasteiger partial charge on any atom is -0.507 e. The lowest BCUT2D eigenvalue weighted by atomic mass is 9.93. The number of carbonyl (C=O) groups excluding carboxylic acids is 2. The van der Waals surface area contributed by atoms with E-state index in [-0.39, 0.29) is 22.6 Å². The van der Waals surface area contributed by atoms with E-state index in [4.69, 9.17) is 4.74 Å². The number of aliphatic hydroxyl groups excluding tert-OH is 1. The number of rotatable bonds is 3. The lowest BCUT2D eigenvalue weighted by Gasteiger charge is -2.26. The zero-order valence-electron chi connectivity index (χ0n) is 17.5. The number of anilines is 1. The number of amides is 1. The van der Waals surface area contributed by atoms with Gasteiger partial charge in [-0.1, -0.05) is 30.3 Å². The lowest BCUT2D eigenvalue weighted by molar-refractivity contribution is -0.132. The van der Waals surface area contributed by atoms with Crippen molar-refractivity contribution in [2.24, 2.45) is 0 Å². The van der Waals surface area contributed by atoms with Crippen molar-refractivity contribution < 1.29 is 28.9 Å². The molecule has 0 bridgehead atoms. The van der Waals surface area contributed by atoms with Crippen LogP contribution in [0.4, 0.5) is 10.1 Å². The number of carbonyl (C=O) groups is 2. The Morgan fingerprint density at radius 2 is 1.79 bits per heavy atom. The lowest BCUT2D eigenvalue weighted by Crippen LogP contribution is -2.29. The second kappa shape index (κ2) is 8.09. The molecule has 33 heavy (non-hydrogen) atoms. The van der Waals surface area contributed by atoms with Gasteiger partial charge in [-0.3, -0.25) is 14.5 Å². The Hall–Kier alpha value is -4.13. The van der Waals surface area contributed by atoms with Crippen LogP contribution in [0, 0.1) is 5.82 Å². The monoisotopic (exact) mass is 445 g/mol. The average molecular weight is 445 g/mol. The summed E-state index contributed by atoms with van der Waals surface area (Å²) in [6, 6.07) is 15.5. The van der Waals surface area contributed by atoms with Gasteiger partial charge in [-0.2, -0.15) is 0 Å². The van der Waals surface area contributed by atoms with Gasteiger partial charge in [-0.25, -0.2) is 4.39 Å². The maximum Gasteiger partial charge on any atom is 0.300 e. The molecule has 3 aromatic carbocycles. The van der Waals surface area contributed by atoms with Crippen LogP contribution in [-0.2, 0) is 16.0 Å². The van der Waals surface area contributed by atoms with Gasteiger partial charge in [0.05, 0.1) is 23.9 Å². The maximum atomic E-state index is 14.9. The van der Waals surface area contributed by atoms with Crippen LogP contribution in [-0.4, -0.2) is 28.5 Å². The summed E-state index contributed by atoms with van der Waals surface area (Å²) in [5.74, 6) is -2.52. The number of Topliss-reactive ketones (excluding diaryl/α,β-unsaturated/α-hetero) is 1. The number of ketones is 1. The fourth-order valence-electron chi connectivity index (χ4n) is 4.40. The van der Waals surface area contributed by atoms with Crippen molar-refractivity contribution in [2.45, 2.75) is 18.9 Å². The van der Waals surface area contributed by atoms with Gasteiger partial charge in [0.25, 0.3) is 11.7 Å². The highest BCUT2D eigenvalue weighted by Gasteiger charge is 2.48. The van der Waals surface area contributed by atoms with Crippen LogP contribution in [0.2, 0.25) is 0 Å². The summed E-state index contributed by atoms with van der Waals surface area (Å²) in [6.45, 7) is 0.608. The molecule has 1 unspecified atom stereocenters. The van der Waals surface area contributed by atoms with Gasteiger partial charge in [0.15, 0.2) is 0 Å². The fourth-order valence-corrected chi connectivity index (χ4v) is 4.40. The third kappa shape index (κ3) is 3.42. The summed E-state index contributed by atoms with van der Waals surface area (Å²) >= 11 is 0. The minimum absolute atomic E-state index is 0.0304. The van der Waals surface area contributed by atoms with E-state index in [0.717, 1.165) is 23.3 Å². The van der Waals surface area contributed by atoms with E-state index in [0.29, 0.717) is 17.9 Å². The predicted octanol–water partition coefficient (Wildman–Crippen LogP) is 4.48. The first-order valence-corrected chi connectivity index (χ1v) is 10.6. The molecular formula is C26H20FNO5. The van der Waals surface area contributed by atoms with E-state index in [2.05, 4.69) is 0 Å². The summed E-state index contributed by atoms with van der Waals surface area (Å²) in [5.41, 5.74) is 1.04. The molecule has 1 atom stereocenters. The second-order valence-electron chi connectivity index (χ2n) is 7.95. The molecule has 2 aliphatic heterocycles. The summed E-state index contributed by atoms with van der Waals surface area (Å²) in [4.78, 5) is 27.3. The van der Waals surface area contributed by atoms with Crippen LogP contribution < -0.4 is 9.64 Å². The first-order valence-electron chi connectivity index (χ1n) is 10.6. The molecule has 1 saturated heterocycles. The van der Waals surface area contributed by atoms with Gasteiger partial charge < -0.3 is 14.9 Å².